The van der Waals surface area contributed by atoms with Crippen molar-refractivity contribution in [1.82, 2.24) is 30.0 Å². The number of halogens is 1. The summed E-state index contributed by atoms with van der Waals surface area (Å²) >= 11 is 5.95. The molecule has 1 N–H and O–H groups in total. The highest BCUT2D eigenvalue weighted by atomic mass is 35.5. The van der Waals surface area contributed by atoms with Gasteiger partial charge in [0, 0.05) is 29.2 Å². The van der Waals surface area contributed by atoms with E-state index in [1.165, 1.54) is 23.4 Å². The summed E-state index contributed by atoms with van der Waals surface area (Å²) in [5, 5.41) is 16.7. The van der Waals surface area contributed by atoms with Crippen LogP contribution in [-0.2, 0) is 0 Å². The molecule has 8 nitrogen and oxygen atoms in total. The predicted molar refractivity (Wildman–Crippen MR) is 125 cm³/mol. The number of pyridine rings is 2. The van der Waals surface area contributed by atoms with E-state index in [-0.39, 0.29) is 19.4 Å². The minimum absolute atomic E-state index is 0. The summed E-state index contributed by atoms with van der Waals surface area (Å²) in [6.07, 6.45) is 6.05. The molecule has 1 aromatic carbocycles. The average Bonchev–Trinajstić information content (AvgIpc) is 3.30. The highest BCUT2D eigenvalue weighted by Gasteiger charge is 2.19. The monoisotopic (exact) mass is 463 g/mol. The van der Waals surface area contributed by atoms with Gasteiger partial charge in [-0.05, 0) is 42.8 Å². The van der Waals surface area contributed by atoms with Gasteiger partial charge < -0.3 is 5.32 Å². The molecule has 0 saturated heterocycles. The van der Waals surface area contributed by atoms with Crippen LogP contribution in [0.1, 0.15) is 34.7 Å². The zero-order valence-electron chi connectivity index (χ0n) is 16.9. The highest BCUT2D eigenvalue weighted by molar-refractivity contribution is 7.59. The number of nitrogens with one attached hydrogen (secondary N) is 1. The van der Waals surface area contributed by atoms with Crippen LogP contribution in [0.2, 0.25) is 5.02 Å². The molecule has 0 aliphatic carbocycles. The zero-order chi connectivity index (χ0) is 21.8. The fourth-order valence-corrected chi connectivity index (χ4v) is 3.13. The Morgan fingerprint density at radius 1 is 1.09 bits per heavy atom. The van der Waals surface area contributed by atoms with E-state index in [2.05, 4.69) is 25.4 Å². The Hall–Kier alpha value is -3.74. The summed E-state index contributed by atoms with van der Waals surface area (Å²) in [7, 11) is 0. The molecule has 0 saturated carbocycles. The van der Waals surface area contributed by atoms with Crippen molar-refractivity contribution in [3.63, 3.8) is 0 Å². The van der Waals surface area contributed by atoms with Gasteiger partial charge in [0.1, 0.15) is 12.4 Å². The number of aromatic nitrogens is 5. The van der Waals surface area contributed by atoms with E-state index in [0.717, 1.165) is 11.1 Å². The lowest BCUT2D eigenvalue weighted by molar-refractivity contribution is 0.0937. The molecule has 3 aromatic heterocycles. The normalized spacial score (nSPS) is 11.2. The molecule has 160 valence electrons. The maximum atomic E-state index is 12.8. The molecule has 10 heteroatoms. The van der Waals surface area contributed by atoms with Crippen molar-refractivity contribution >= 4 is 31.0 Å². The fourth-order valence-electron chi connectivity index (χ4n) is 3.01. The Morgan fingerprint density at radius 2 is 1.88 bits per heavy atom. The molecule has 1 amide bonds. The van der Waals surface area contributed by atoms with Crippen molar-refractivity contribution in [2.75, 3.05) is 0 Å². The van der Waals surface area contributed by atoms with Crippen molar-refractivity contribution in [2.24, 2.45) is 0 Å². The molecule has 3 heterocycles. The zero-order valence-corrected chi connectivity index (χ0v) is 18.7. The van der Waals surface area contributed by atoms with E-state index >= 15 is 0 Å². The standard InChI is InChI=1S/C22H16ClN7O.H2S/c1-14(21-27-13-28-30(21)20-7-2-15(9-24)10-26-20)29-22(31)18-8-17(11-25-12-18)16-3-5-19(23)6-4-16;/h2-8,10-14H,1H3,(H,29,31);1H2/t14-;/m1./s1. The number of benzene rings is 1. The lowest BCUT2D eigenvalue weighted by Gasteiger charge is -2.14. The lowest BCUT2D eigenvalue weighted by Crippen LogP contribution is -2.29. The molecule has 0 fully saturated rings. The van der Waals surface area contributed by atoms with E-state index in [4.69, 9.17) is 16.9 Å². The van der Waals surface area contributed by atoms with Crippen molar-refractivity contribution in [1.29, 1.82) is 5.26 Å². The summed E-state index contributed by atoms with van der Waals surface area (Å²) in [6.45, 7) is 1.80. The number of hydrogen-bond donors (Lipinski definition) is 1. The quantitative estimate of drug-likeness (QED) is 0.481. The molecule has 0 aliphatic rings. The number of rotatable bonds is 5. The van der Waals surface area contributed by atoms with E-state index in [1.807, 2.05) is 18.2 Å². The van der Waals surface area contributed by atoms with Crippen LogP contribution in [-0.4, -0.2) is 30.6 Å². The van der Waals surface area contributed by atoms with Crippen molar-refractivity contribution in [2.45, 2.75) is 13.0 Å². The van der Waals surface area contributed by atoms with Crippen LogP contribution in [0.3, 0.4) is 0 Å². The van der Waals surface area contributed by atoms with Gasteiger partial charge in [-0.2, -0.15) is 28.5 Å². The van der Waals surface area contributed by atoms with E-state index in [1.54, 1.807) is 43.5 Å². The SMILES string of the molecule is C[C@@H](NC(=O)c1cncc(-c2ccc(Cl)cc2)c1)c1ncnn1-c1ccc(C#N)cn1.S. The second-order valence-corrected chi connectivity index (χ2v) is 7.15. The second kappa shape index (κ2) is 10.0. The summed E-state index contributed by atoms with van der Waals surface area (Å²) in [4.78, 5) is 25.5. The van der Waals surface area contributed by atoms with E-state index in [0.29, 0.717) is 27.8 Å². The Labute approximate surface area is 196 Å². The molecule has 0 spiro atoms. The molecule has 0 bridgehead atoms. The van der Waals surface area contributed by atoms with Crippen molar-refractivity contribution in [3.05, 3.63) is 89.4 Å². The lowest BCUT2D eigenvalue weighted by atomic mass is 10.1. The van der Waals surface area contributed by atoms with Gasteiger partial charge in [-0.25, -0.2) is 9.97 Å². The van der Waals surface area contributed by atoms with Gasteiger partial charge in [-0.1, -0.05) is 23.7 Å². The molecule has 32 heavy (non-hydrogen) atoms. The largest absolute Gasteiger partial charge is 0.342 e. The van der Waals surface area contributed by atoms with Crippen LogP contribution >= 0.6 is 25.1 Å². The molecule has 0 aliphatic heterocycles. The Morgan fingerprint density at radius 3 is 2.56 bits per heavy atom. The maximum absolute atomic E-state index is 12.8. The predicted octanol–water partition coefficient (Wildman–Crippen LogP) is 3.85. The van der Waals surface area contributed by atoms with Crippen LogP contribution in [0.25, 0.3) is 16.9 Å². The number of carbonyl (C=O) groups is 1. The van der Waals surface area contributed by atoms with Crippen LogP contribution in [0.4, 0.5) is 0 Å². The van der Waals surface area contributed by atoms with Crippen molar-refractivity contribution < 1.29 is 4.79 Å². The molecular weight excluding hydrogens is 446 g/mol. The molecule has 0 unspecified atom stereocenters. The van der Waals surface area contributed by atoms with Crippen molar-refractivity contribution in [3.8, 4) is 23.0 Å². The van der Waals surface area contributed by atoms with Gasteiger partial charge in [0.25, 0.3) is 5.91 Å². The average molecular weight is 464 g/mol. The van der Waals surface area contributed by atoms with Gasteiger partial charge in [0.15, 0.2) is 11.6 Å². The van der Waals surface area contributed by atoms with Gasteiger partial charge in [-0.3, -0.25) is 9.78 Å². The third-order valence-corrected chi connectivity index (χ3v) is 4.83. The number of nitrogens with zero attached hydrogens (tertiary/aromatic N) is 6. The fraction of sp³-hybridized carbons (Fsp3) is 0.0909. The first-order valence-electron chi connectivity index (χ1n) is 9.33. The molecule has 4 aromatic rings. The van der Waals surface area contributed by atoms with Gasteiger partial charge in [-0.15, -0.1) is 0 Å². The van der Waals surface area contributed by atoms with Crippen LogP contribution in [0.5, 0.6) is 0 Å². The van der Waals surface area contributed by atoms with Gasteiger partial charge in [0.05, 0.1) is 17.2 Å². The summed E-state index contributed by atoms with van der Waals surface area (Å²) in [5.41, 5.74) is 2.58. The number of nitriles is 1. The van der Waals surface area contributed by atoms with E-state index in [9.17, 15) is 4.79 Å². The Kier molecular flexibility index (Phi) is 7.20. The number of amides is 1. The highest BCUT2D eigenvalue weighted by Crippen LogP contribution is 2.22. The molecule has 4 rings (SSSR count). The topological polar surface area (TPSA) is 109 Å². The third-order valence-electron chi connectivity index (χ3n) is 4.58. The number of carbonyl (C=O) groups excluding carboxylic acids is 1. The maximum Gasteiger partial charge on any atom is 0.253 e. The van der Waals surface area contributed by atoms with Crippen LogP contribution in [0, 0.1) is 11.3 Å². The van der Waals surface area contributed by atoms with Gasteiger partial charge in [0.2, 0.25) is 0 Å². The van der Waals surface area contributed by atoms with Crippen LogP contribution < -0.4 is 5.32 Å². The third kappa shape index (κ3) is 4.94. The summed E-state index contributed by atoms with van der Waals surface area (Å²) < 4.78 is 1.52. The first-order valence-corrected chi connectivity index (χ1v) is 9.71. The first kappa shape index (κ1) is 22.9. The van der Waals surface area contributed by atoms with E-state index < -0.39 is 6.04 Å². The Bertz CT molecular complexity index is 1270. The minimum atomic E-state index is -0.452. The number of hydrogen-bond acceptors (Lipinski definition) is 6. The molecule has 1 atom stereocenters. The van der Waals surface area contributed by atoms with Crippen LogP contribution in [0.15, 0.2) is 67.4 Å². The molecule has 0 radical (unpaired) electrons. The summed E-state index contributed by atoms with van der Waals surface area (Å²) in [6, 6.07) is 14.0. The summed E-state index contributed by atoms with van der Waals surface area (Å²) in [5.74, 6) is 0.713. The smallest absolute Gasteiger partial charge is 0.253 e. The second-order valence-electron chi connectivity index (χ2n) is 6.71. The molecular formula is C22H18ClN7OS. The van der Waals surface area contributed by atoms with Gasteiger partial charge >= 0.3 is 0 Å². The first-order chi connectivity index (χ1) is 15.0. The minimum Gasteiger partial charge on any atom is -0.342 e. The Balaban J connectivity index is 0.00000289.